The van der Waals surface area contributed by atoms with Crippen LogP contribution in [0.15, 0.2) is 59.6 Å². The van der Waals surface area contributed by atoms with Crippen LogP contribution >= 0.6 is 0 Å². The summed E-state index contributed by atoms with van der Waals surface area (Å²) in [6.45, 7) is 1.75. The number of sulfonamides is 1. The number of aromatic amines is 1. The Bertz CT molecular complexity index is 1100. The van der Waals surface area contributed by atoms with Crippen molar-refractivity contribution in [3.05, 3.63) is 65.9 Å². The van der Waals surface area contributed by atoms with E-state index < -0.39 is 10.0 Å². The Morgan fingerprint density at radius 2 is 1.89 bits per heavy atom. The number of nitrogens with one attached hydrogen (secondary N) is 2. The number of aromatic nitrogens is 1. The van der Waals surface area contributed by atoms with E-state index in [9.17, 15) is 13.2 Å². The molecule has 1 amide bonds. The fourth-order valence-electron chi connectivity index (χ4n) is 3.29. The number of hydrogen-bond acceptors (Lipinski definition) is 4. The first-order valence-electron chi connectivity index (χ1n) is 9.07. The van der Waals surface area contributed by atoms with E-state index in [1.54, 1.807) is 12.1 Å². The molecule has 0 atom stereocenters. The SMILES string of the molecule is O=C(NCc1c[nH]c2ccccc12)c1cccc(S(=O)(=O)N2CCOCC2)c1. The highest BCUT2D eigenvalue weighted by Gasteiger charge is 2.26. The van der Waals surface area contributed by atoms with E-state index in [2.05, 4.69) is 10.3 Å². The van der Waals surface area contributed by atoms with Crippen LogP contribution in [0.3, 0.4) is 0 Å². The van der Waals surface area contributed by atoms with Gasteiger partial charge in [0.15, 0.2) is 0 Å². The summed E-state index contributed by atoms with van der Waals surface area (Å²) in [4.78, 5) is 15.9. The van der Waals surface area contributed by atoms with Gasteiger partial charge in [-0.1, -0.05) is 24.3 Å². The number of benzene rings is 2. The molecular weight excluding hydrogens is 378 g/mol. The molecule has 1 aliphatic rings. The molecule has 0 bridgehead atoms. The summed E-state index contributed by atoms with van der Waals surface area (Å²) in [5.74, 6) is -0.315. The van der Waals surface area contributed by atoms with Gasteiger partial charge in [-0.25, -0.2) is 8.42 Å². The smallest absolute Gasteiger partial charge is 0.251 e. The molecule has 0 radical (unpaired) electrons. The number of nitrogens with zero attached hydrogens (tertiary/aromatic N) is 1. The van der Waals surface area contributed by atoms with Crippen LogP contribution in [0.4, 0.5) is 0 Å². The fraction of sp³-hybridized carbons (Fsp3) is 0.250. The summed E-state index contributed by atoms with van der Waals surface area (Å²) in [7, 11) is -3.64. The van der Waals surface area contributed by atoms with Gasteiger partial charge in [-0.05, 0) is 29.8 Å². The first kappa shape index (κ1) is 18.7. The van der Waals surface area contributed by atoms with Crippen molar-refractivity contribution in [2.75, 3.05) is 26.3 Å². The monoisotopic (exact) mass is 399 g/mol. The highest BCUT2D eigenvalue weighted by atomic mass is 32.2. The van der Waals surface area contributed by atoms with Crippen molar-refractivity contribution < 1.29 is 17.9 Å². The minimum Gasteiger partial charge on any atom is -0.379 e. The molecule has 1 saturated heterocycles. The molecule has 28 heavy (non-hydrogen) atoms. The van der Waals surface area contributed by atoms with Crippen LogP contribution in [-0.2, 0) is 21.3 Å². The normalized spacial score (nSPS) is 15.6. The molecule has 1 aromatic heterocycles. The largest absolute Gasteiger partial charge is 0.379 e. The summed E-state index contributed by atoms with van der Waals surface area (Å²) in [5, 5.41) is 3.91. The molecule has 1 aliphatic heterocycles. The zero-order chi connectivity index (χ0) is 19.6. The molecule has 0 aliphatic carbocycles. The maximum Gasteiger partial charge on any atom is 0.251 e. The van der Waals surface area contributed by atoms with Crippen LogP contribution in [0.1, 0.15) is 15.9 Å². The van der Waals surface area contributed by atoms with Crippen molar-refractivity contribution in [2.24, 2.45) is 0 Å². The van der Waals surface area contributed by atoms with Crippen LogP contribution in [0.2, 0.25) is 0 Å². The van der Waals surface area contributed by atoms with E-state index >= 15 is 0 Å². The van der Waals surface area contributed by atoms with Gasteiger partial charge in [-0.3, -0.25) is 4.79 Å². The van der Waals surface area contributed by atoms with Crippen molar-refractivity contribution >= 4 is 26.8 Å². The van der Waals surface area contributed by atoms with E-state index in [0.717, 1.165) is 16.5 Å². The first-order chi connectivity index (χ1) is 13.6. The quantitative estimate of drug-likeness (QED) is 0.688. The Balaban J connectivity index is 1.50. The van der Waals surface area contributed by atoms with Crippen molar-refractivity contribution in [3.63, 3.8) is 0 Å². The van der Waals surface area contributed by atoms with Gasteiger partial charge in [0.1, 0.15) is 0 Å². The van der Waals surface area contributed by atoms with Gasteiger partial charge in [0.2, 0.25) is 10.0 Å². The van der Waals surface area contributed by atoms with Gasteiger partial charge in [-0.2, -0.15) is 4.31 Å². The number of fused-ring (bicyclic) bond motifs is 1. The average Bonchev–Trinajstić information content (AvgIpc) is 3.16. The Morgan fingerprint density at radius 1 is 1.11 bits per heavy atom. The number of morpholine rings is 1. The molecule has 146 valence electrons. The van der Waals surface area contributed by atoms with Crippen LogP contribution in [-0.4, -0.2) is 49.9 Å². The van der Waals surface area contributed by atoms with Crippen LogP contribution in [0.5, 0.6) is 0 Å². The predicted molar refractivity (Wildman–Crippen MR) is 105 cm³/mol. The number of carbonyl (C=O) groups excluding carboxylic acids is 1. The minimum absolute atomic E-state index is 0.120. The Morgan fingerprint density at radius 3 is 2.71 bits per heavy atom. The molecule has 0 spiro atoms. The van der Waals surface area contributed by atoms with E-state index in [1.165, 1.54) is 16.4 Å². The molecule has 2 aromatic carbocycles. The lowest BCUT2D eigenvalue weighted by molar-refractivity contribution is 0.0730. The molecule has 1 fully saturated rings. The highest BCUT2D eigenvalue weighted by Crippen LogP contribution is 2.20. The third-order valence-corrected chi connectivity index (χ3v) is 6.71. The lowest BCUT2D eigenvalue weighted by Gasteiger charge is -2.26. The maximum absolute atomic E-state index is 12.8. The summed E-state index contributed by atoms with van der Waals surface area (Å²) in [6, 6.07) is 14.0. The number of ether oxygens (including phenoxy) is 1. The fourth-order valence-corrected chi connectivity index (χ4v) is 4.74. The second kappa shape index (κ2) is 7.75. The van der Waals surface area contributed by atoms with Gasteiger partial charge in [-0.15, -0.1) is 0 Å². The summed E-state index contributed by atoms with van der Waals surface area (Å²) in [5.41, 5.74) is 2.29. The number of amides is 1. The number of hydrogen-bond donors (Lipinski definition) is 2. The Labute approximate surface area is 163 Å². The van der Waals surface area contributed by atoms with Gasteiger partial charge in [0, 0.05) is 42.3 Å². The van der Waals surface area contributed by atoms with Crippen molar-refractivity contribution in [1.82, 2.24) is 14.6 Å². The highest BCUT2D eigenvalue weighted by molar-refractivity contribution is 7.89. The Kier molecular flexibility index (Phi) is 5.17. The Hall–Kier alpha value is -2.68. The lowest BCUT2D eigenvalue weighted by Crippen LogP contribution is -2.40. The van der Waals surface area contributed by atoms with Crippen molar-refractivity contribution in [3.8, 4) is 0 Å². The first-order valence-corrected chi connectivity index (χ1v) is 10.5. The standard InChI is InChI=1S/C20H21N3O4S/c24-20(22-14-16-13-21-19-7-2-1-6-18(16)19)15-4-3-5-17(12-15)28(25,26)23-8-10-27-11-9-23/h1-7,12-13,21H,8-11,14H2,(H,22,24). The zero-order valence-electron chi connectivity index (χ0n) is 15.2. The predicted octanol–water partition coefficient (Wildman–Crippen LogP) is 2.12. The summed E-state index contributed by atoms with van der Waals surface area (Å²) >= 11 is 0. The molecule has 0 unspecified atom stereocenters. The van der Waals surface area contributed by atoms with Crippen LogP contribution in [0, 0.1) is 0 Å². The molecule has 8 heteroatoms. The number of carbonyl (C=O) groups is 1. The second-order valence-electron chi connectivity index (χ2n) is 6.59. The molecule has 2 heterocycles. The second-order valence-corrected chi connectivity index (χ2v) is 8.52. The zero-order valence-corrected chi connectivity index (χ0v) is 16.0. The molecule has 3 aromatic rings. The molecule has 4 rings (SSSR count). The van der Waals surface area contributed by atoms with Crippen LogP contribution in [0.25, 0.3) is 10.9 Å². The topological polar surface area (TPSA) is 91.5 Å². The number of rotatable bonds is 5. The van der Waals surface area contributed by atoms with Crippen molar-refractivity contribution in [2.45, 2.75) is 11.4 Å². The maximum atomic E-state index is 12.8. The molecule has 2 N–H and O–H groups in total. The number of para-hydroxylation sites is 1. The summed E-state index contributed by atoms with van der Waals surface area (Å²) < 4.78 is 32.2. The van der Waals surface area contributed by atoms with Gasteiger partial charge in [0.05, 0.1) is 18.1 Å². The van der Waals surface area contributed by atoms with E-state index in [-0.39, 0.29) is 10.8 Å². The van der Waals surface area contributed by atoms with E-state index in [1.807, 2.05) is 30.5 Å². The lowest BCUT2D eigenvalue weighted by atomic mass is 10.1. The molecular formula is C20H21N3O4S. The molecule has 0 saturated carbocycles. The summed E-state index contributed by atoms with van der Waals surface area (Å²) in [6.07, 6.45) is 1.87. The minimum atomic E-state index is -3.64. The van der Waals surface area contributed by atoms with E-state index in [4.69, 9.17) is 4.74 Å². The van der Waals surface area contributed by atoms with Gasteiger partial charge >= 0.3 is 0 Å². The third-order valence-electron chi connectivity index (χ3n) is 4.82. The average molecular weight is 399 g/mol. The third kappa shape index (κ3) is 3.66. The number of H-pyrrole nitrogens is 1. The van der Waals surface area contributed by atoms with Crippen molar-refractivity contribution in [1.29, 1.82) is 0 Å². The molecule has 7 nitrogen and oxygen atoms in total. The van der Waals surface area contributed by atoms with Gasteiger partial charge in [0.25, 0.3) is 5.91 Å². The van der Waals surface area contributed by atoms with Gasteiger partial charge < -0.3 is 15.0 Å². The van der Waals surface area contributed by atoms with Crippen LogP contribution < -0.4 is 5.32 Å². The van der Waals surface area contributed by atoms with E-state index in [0.29, 0.717) is 38.4 Å².